The van der Waals surface area contributed by atoms with Crippen LogP contribution in [0.5, 0.6) is 0 Å². The molecule has 17 heavy (non-hydrogen) atoms. The molecule has 0 unspecified atom stereocenters. The Labute approximate surface area is 103 Å². The van der Waals surface area contributed by atoms with Gasteiger partial charge in [0, 0.05) is 6.42 Å². The van der Waals surface area contributed by atoms with E-state index in [1.54, 1.807) is 0 Å². The SMILES string of the molecule is CC(C)Cc1noc(CN2CCC(C)CC2)n1. The number of hydrogen-bond acceptors (Lipinski definition) is 4. The average Bonchev–Trinajstić information content (AvgIpc) is 2.68. The first-order valence-corrected chi connectivity index (χ1v) is 6.67. The highest BCUT2D eigenvalue weighted by molar-refractivity contribution is 4.88. The molecule has 0 saturated carbocycles. The number of nitrogens with zero attached hydrogens (tertiary/aromatic N) is 3. The van der Waals surface area contributed by atoms with Gasteiger partial charge >= 0.3 is 0 Å². The van der Waals surface area contributed by atoms with Crippen molar-refractivity contribution in [1.82, 2.24) is 15.0 Å². The Bertz CT molecular complexity index is 340. The van der Waals surface area contributed by atoms with Gasteiger partial charge in [0.25, 0.3) is 0 Å². The maximum absolute atomic E-state index is 5.29. The van der Waals surface area contributed by atoms with E-state index >= 15 is 0 Å². The summed E-state index contributed by atoms with van der Waals surface area (Å²) >= 11 is 0. The molecule has 2 heterocycles. The van der Waals surface area contributed by atoms with E-state index in [0.717, 1.165) is 43.7 Å². The van der Waals surface area contributed by atoms with E-state index in [2.05, 4.69) is 35.8 Å². The first kappa shape index (κ1) is 12.6. The lowest BCUT2D eigenvalue weighted by molar-refractivity contribution is 0.165. The van der Waals surface area contributed by atoms with Crippen molar-refractivity contribution in [3.8, 4) is 0 Å². The topological polar surface area (TPSA) is 42.2 Å². The molecule has 1 aromatic heterocycles. The first-order valence-electron chi connectivity index (χ1n) is 6.67. The van der Waals surface area contributed by atoms with Crippen LogP contribution in [0, 0.1) is 11.8 Å². The van der Waals surface area contributed by atoms with Crippen LogP contribution in [-0.2, 0) is 13.0 Å². The molecule has 2 rings (SSSR count). The van der Waals surface area contributed by atoms with E-state index in [1.807, 2.05) is 0 Å². The standard InChI is InChI=1S/C13H23N3O/c1-10(2)8-12-14-13(17-15-12)9-16-6-4-11(3)5-7-16/h10-11H,4-9H2,1-3H3. The quantitative estimate of drug-likeness (QED) is 0.807. The molecule has 0 bridgehead atoms. The largest absolute Gasteiger partial charge is 0.338 e. The van der Waals surface area contributed by atoms with Crippen molar-refractivity contribution in [3.63, 3.8) is 0 Å². The number of hydrogen-bond donors (Lipinski definition) is 0. The van der Waals surface area contributed by atoms with Crippen molar-refractivity contribution in [2.45, 2.75) is 46.6 Å². The summed E-state index contributed by atoms with van der Waals surface area (Å²) < 4.78 is 5.29. The van der Waals surface area contributed by atoms with Crippen LogP contribution >= 0.6 is 0 Å². The summed E-state index contributed by atoms with van der Waals surface area (Å²) in [4.78, 5) is 6.85. The van der Waals surface area contributed by atoms with Crippen LogP contribution in [-0.4, -0.2) is 28.1 Å². The molecule has 96 valence electrons. The zero-order valence-corrected chi connectivity index (χ0v) is 11.1. The lowest BCUT2D eigenvalue weighted by atomic mass is 9.99. The predicted molar refractivity (Wildman–Crippen MR) is 66.5 cm³/mol. The predicted octanol–water partition coefficient (Wildman–Crippen LogP) is 2.50. The van der Waals surface area contributed by atoms with Gasteiger partial charge in [-0.15, -0.1) is 0 Å². The summed E-state index contributed by atoms with van der Waals surface area (Å²) in [5.41, 5.74) is 0. The van der Waals surface area contributed by atoms with Crippen LogP contribution in [0.3, 0.4) is 0 Å². The zero-order chi connectivity index (χ0) is 12.3. The van der Waals surface area contributed by atoms with Gasteiger partial charge in [0.05, 0.1) is 6.54 Å². The second kappa shape index (κ2) is 5.63. The van der Waals surface area contributed by atoms with Gasteiger partial charge in [-0.05, 0) is 37.8 Å². The van der Waals surface area contributed by atoms with E-state index < -0.39 is 0 Å². The van der Waals surface area contributed by atoms with Gasteiger partial charge < -0.3 is 4.52 Å². The highest BCUT2D eigenvalue weighted by atomic mass is 16.5. The van der Waals surface area contributed by atoms with Crippen LogP contribution in [0.15, 0.2) is 4.52 Å². The molecule has 4 heteroatoms. The fourth-order valence-electron chi connectivity index (χ4n) is 2.21. The summed E-state index contributed by atoms with van der Waals surface area (Å²) in [6, 6.07) is 0. The van der Waals surface area contributed by atoms with Gasteiger partial charge in [-0.2, -0.15) is 4.98 Å². The Kier molecular flexibility index (Phi) is 4.15. The minimum Gasteiger partial charge on any atom is -0.338 e. The highest BCUT2D eigenvalue weighted by Gasteiger charge is 2.18. The number of rotatable bonds is 4. The smallest absolute Gasteiger partial charge is 0.240 e. The Balaban J connectivity index is 1.84. The van der Waals surface area contributed by atoms with Gasteiger partial charge in [-0.3, -0.25) is 4.90 Å². The normalized spacial score (nSPS) is 19.1. The number of likely N-dealkylation sites (tertiary alicyclic amines) is 1. The van der Waals surface area contributed by atoms with E-state index in [-0.39, 0.29) is 0 Å². The van der Waals surface area contributed by atoms with E-state index in [1.165, 1.54) is 12.8 Å². The molecule has 1 aliphatic heterocycles. The van der Waals surface area contributed by atoms with Gasteiger partial charge in [-0.1, -0.05) is 25.9 Å². The molecule has 0 aliphatic carbocycles. The molecule has 0 radical (unpaired) electrons. The third-order valence-electron chi connectivity index (χ3n) is 3.34. The number of piperidine rings is 1. The van der Waals surface area contributed by atoms with Crippen LogP contribution in [0.25, 0.3) is 0 Å². The lowest BCUT2D eigenvalue weighted by Crippen LogP contribution is -2.32. The molecule has 1 aromatic rings. The van der Waals surface area contributed by atoms with E-state index in [0.29, 0.717) is 5.92 Å². The summed E-state index contributed by atoms with van der Waals surface area (Å²) in [6.45, 7) is 9.79. The van der Waals surface area contributed by atoms with Crippen LogP contribution in [0.1, 0.15) is 45.3 Å². The monoisotopic (exact) mass is 237 g/mol. The lowest BCUT2D eigenvalue weighted by Gasteiger charge is -2.28. The molecular weight excluding hydrogens is 214 g/mol. The third kappa shape index (κ3) is 3.80. The van der Waals surface area contributed by atoms with Crippen molar-refractivity contribution in [1.29, 1.82) is 0 Å². The molecule has 1 aliphatic rings. The van der Waals surface area contributed by atoms with Gasteiger partial charge in [0.2, 0.25) is 5.89 Å². The van der Waals surface area contributed by atoms with Gasteiger partial charge in [-0.25, -0.2) is 0 Å². The number of aromatic nitrogens is 2. The van der Waals surface area contributed by atoms with Crippen LogP contribution in [0.4, 0.5) is 0 Å². The Morgan fingerprint density at radius 1 is 1.35 bits per heavy atom. The molecule has 0 N–H and O–H groups in total. The second-order valence-corrected chi connectivity index (χ2v) is 5.66. The van der Waals surface area contributed by atoms with Crippen molar-refractivity contribution >= 4 is 0 Å². The minimum absolute atomic E-state index is 0.580. The van der Waals surface area contributed by atoms with E-state index in [9.17, 15) is 0 Å². The molecule has 0 atom stereocenters. The van der Waals surface area contributed by atoms with Gasteiger partial charge in [0.15, 0.2) is 5.82 Å². The fourth-order valence-corrected chi connectivity index (χ4v) is 2.21. The molecule has 0 aromatic carbocycles. The molecule has 0 amide bonds. The van der Waals surface area contributed by atoms with Crippen molar-refractivity contribution in [2.75, 3.05) is 13.1 Å². The fraction of sp³-hybridized carbons (Fsp3) is 0.846. The third-order valence-corrected chi connectivity index (χ3v) is 3.34. The van der Waals surface area contributed by atoms with Crippen molar-refractivity contribution < 1.29 is 4.52 Å². The summed E-state index contributed by atoms with van der Waals surface area (Å²) in [5, 5.41) is 4.02. The summed E-state index contributed by atoms with van der Waals surface area (Å²) in [5.74, 6) is 3.07. The van der Waals surface area contributed by atoms with Crippen LogP contribution < -0.4 is 0 Å². The molecular formula is C13H23N3O. The van der Waals surface area contributed by atoms with Crippen molar-refractivity contribution in [2.24, 2.45) is 11.8 Å². The summed E-state index contributed by atoms with van der Waals surface area (Å²) in [6.07, 6.45) is 3.47. The van der Waals surface area contributed by atoms with Gasteiger partial charge in [0.1, 0.15) is 0 Å². The maximum Gasteiger partial charge on any atom is 0.240 e. The summed E-state index contributed by atoms with van der Waals surface area (Å²) in [7, 11) is 0. The second-order valence-electron chi connectivity index (χ2n) is 5.66. The molecule has 0 spiro atoms. The Hall–Kier alpha value is -0.900. The zero-order valence-electron chi connectivity index (χ0n) is 11.1. The highest BCUT2D eigenvalue weighted by Crippen LogP contribution is 2.17. The molecule has 1 fully saturated rings. The molecule has 4 nitrogen and oxygen atoms in total. The van der Waals surface area contributed by atoms with Crippen molar-refractivity contribution in [3.05, 3.63) is 11.7 Å². The minimum atomic E-state index is 0.580. The Morgan fingerprint density at radius 2 is 2.06 bits per heavy atom. The van der Waals surface area contributed by atoms with Crippen LogP contribution in [0.2, 0.25) is 0 Å². The first-order chi connectivity index (χ1) is 8.13. The maximum atomic E-state index is 5.29. The van der Waals surface area contributed by atoms with E-state index in [4.69, 9.17) is 4.52 Å². The Morgan fingerprint density at radius 3 is 2.71 bits per heavy atom. The average molecular weight is 237 g/mol. The molecule has 1 saturated heterocycles.